The molecular formula is C42H28N6OPt. The van der Waals surface area contributed by atoms with Gasteiger partial charge in [-0.05, 0) is 66.9 Å². The molecule has 4 aromatic heterocycles. The van der Waals surface area contributed by atoms with Crippen molar-refractivity contribution >= 4 is 60.2 Å². The van der Waals surface area contributed by atoms with Crippen LogP contribution in [0.5, 0.6) is 11.5 Å². The van der Waals surface area contributed by atoms with Gasteiger partial charge in [0.1, 0.15) is 5.82 Å². The normalized spacial score (nSPS) is 11.7. The van der Waals surface area contributed by atoms with Gasteiger partial charge in [0.2, 0.25) is 5.95 Å². The third-order valence-corrected chi connectivity index (χ3v) is 9.46. The van der Waals surface area contributed by atoms with E-state index in [-0.39, 0.29) is 21.1 Å². The summed E-state index contributed by atoms with van der Waals surface area (Å²) in [5.41, 5.74) is 9.12. The van der Waals surface area contributed by atoms with Crippen LogP contribution >= 0.6 is 0 Å². The number of aryl methyl sites for hydroxylation is 3. The summed E-state index contributed by atoms with van der Waals surface area (Å²) in [5.74, 6) is 2.66. The van der Waals surface area contributed by atoms with E-state index in [1.165, 1.54) is 11.1 Å². The Kier molecular flexibility index (Phi) is 6.90. The van der Waals surface area contributed by atoms with Gasteiger partial charge < -0.3 is 9.30 Å². The van der Waals surface area contributed by atoms with Gasteiger partial charge in [0.15, 0.2) is 0 Å². The average Bonchev–Trinajstić information content (AvgIpc) is 3.79. The molecule has 0 radical (unpaired) electrons. The minimum Gasteiger partial charge on any atom is -0.503 e. The van der Waals surface area contributed by atoms with E-state index >= 15 is 0 Å². The monoisotopic (exact) mass is 827 g/mol. The second kappa shape index (κ2) is 11.4. The second-order valence-electron chi connectivity index (χ2n) is 12.5. The summed E-state index contributed by atoms with van der Waals surface area (Å²) in [7, 11) is 0. The number of para-hydroxylation sites is 5. The maximum absolute atomic E-state index is 6.55. The molecule has 0 atom stereocenters. The van der Waals surface area contributed by atoms with E-state index in [4.69, 9.17) is 14.7 Å². The Labute approximate surface area is 301 Å². The molecule has 10 rings (SSSR count). The summed E-state index contributed by atoms with van der Waals surface area (Å²) < 4.78 is 12.9. The van der Waals surface area contributed by atoms with Gasteiger partial charge in [-0.15, -0.1) is 29.7 Å². The van der Waals surface area contributed by atoms with E-state index in [2.05, 4.69) is 125 Å². The first-order valence-electron chi connectivity index (χ1n) is 16.3. The van der Waals surface area contributed by atoms with Crippen molar-refractivity contribution in [2.45, 2.75) is 20.8 Å². The first kappa shape index (κ1) is 30.3. The number of aromatic nitrogens is 6. The Balaban J connectivity index is 0.00000336. The maximum atomic E-state index is 6.55. The molecule has 10 aromatic rings. The van der Waals surface area contributed by atoms with Crippen molar-refractivity contribution in [2.75, 3.05) is 0 Å². The molecule has 6 aromatic carbocycles. The Morgan fingerprint density at radius 1 is 0.560 bits per heavy atom. The molecule has 0 aliphatic carbocycles. The largest absolute Gasteiger partial charge is 2.00 e. The van der Waals surface area contributed by atoms with E-state index in [9.17, 15) is 0 Å². The topological polar surface area (TPSA) is 62.2 Å². The van der Waals surface area contributed by atoms with Gasteiger partial charge in [0.05, 0.1) is 27.9 Å². The van der Waals surface area contributed by atoms with E-state index in [1.54, 1.807) is 0 Å². The number of pyridine rings is 1. The predicted molar refractivity (Wildman–Crippen MR) is 195 cm³/mol. The van der Waals surface area contributed by atoms with Crippen molar-refractivity contribution in [2.24, 2.45) is 0 Å². The van der Waals surface area contributed by atoms with Crippen molar-refractivity contribution in [1.29, 1.82) is 0 Å². The molecule has 50 heavy (non-hydrogen) atoms. The summed E-state index contributed by atoms with van der Waals surface area (Å²) in [5, 5.41) is 9.86. The van der Waals surface area contributed by atoms with Gasteiger partial charge in [-0.1, -0.05) is 89.1 Å². The molecule has 0 N–H and O–H groups in total. The van der Waals surface area contributed by atoms with Crippen LogP contribution in [0.1, 0.15) is 17.0 Å². The van der Waals surface area contributed by atoms with E-state index in [0.717, 1.165) is 71.8 Å². The first-order chi connectivity index (χ1) is 24.0. The number of imidazole rings is 1. The number of rotatable bonds is 4. The molecule has 0 saturated carbocycles. The number of hydrogen-bond donors (Lipinski definition) is 0. The van der Waals surface area contributed by atoms with Crippen molar-refractivity contribution in [3.8, 4) is 23.1 Å². The van der Waals surface area contributed by atoms with Crippen LogP contribution in [0.25, 0.3) is 71.8 Å². The fourth-order valence-electron chi connectivity index (χ4n) is 7.37. The second-order valence-corrected chi connectivity index (χ2v) is 12.5. The SMILES string of the molecule is Cc1nc2c3[c-]c(Oc4[c-]c5c(cc4)c4ccccc4n5-c4nc5ccccc5n4-c4c(C)cccc4C)ccc3c3ccccc3n2n1.[Pt+2]. The summed E-state index contributed by atoms with van der Waals surface area (Å²) in [6, 6.07) is 46.7. The number of hydrogen-bond acceptors (Lipinski definition) is 4. The van der Waals surface area contributed by atoms with Crippen molar-refractivity contribution in [3.05, 3.63) is 144 Å². The summed E-state index contributed by atoms with van der Waals surface area (Å²) in [6.07, 6.45) is 0. The summed E-state index contributed by atoms with van der Waals surface area (Å²) in [6.45, 7) is 6.22. The molecule has 0 aliphatic heterocycles. The molecule has 0 amide bonds. The molecule has 242 valence electrons. The summed E-state index contributed by atoms with van der Waals surface area (Å²) >= 11 is 0. The van der Waals surface area contributed by atoms with Crippen LogP contribution in [-0.2, 0) is 21.1 Å². The molecular weight excluding hydrogens is 800 g/mol. The van der Waals surface area contributed by atoms with E-state index in [1.807, 2.05) is 41.8 Å². The van der Waals surface area contributed by atoms with Gasteiger partial charge in [-0.25, -0.2) is 4.98 Å². The van der Waals surface area contributed by atoms with Gasteiger partial charge in [-0.3, -0.25) is 14.1 Å². The summed E-state index contributed by atoms with van der Waals surface area (Å²) in [4.78, 5) is 10.0. The third kappa shape index (κ3) is 4.43. The van der Waals surface area contributed by atoms with E-state index < -0.39 is 0 Å². The molecule has 0 aliphatic rings. The van der Waals surface area contributed by atoms with Crippen molar-refractivity contribution in [1.82, 2.24) is 28.7 Å². The Hall–Kier alpha value is -5.78. The van der Waals surface area contributed by atoms with Crippen molar-refractivity contribution in [3.63, 3.8) is 0 Å². The Morgan fingerprint density at radius 3 is 1.98 bits per heavy atom. The molecule has 7 nitrogen and oxygen atoms in total. The zero-order valence-electron chi connectivity index (χ0n) is 27.4. The van der Waals surface area contributed by atoms with Gasteiger partial charge in [-0.2, -0.15) is 11.2 Å². The van der Waals surface area contributed by atoms with Crippen LogP contribution in [0.15, 0.2) is 115 Å². The number of fused-ring (bicyclic) bond motifs is 10. The molecule has 8 heteroatoms. The van der Waals surface area contributed by atoms with Crippen molar-refractivity contribution < 1.29 is 25.8 Å². The standard InChI is InChI=1S/C42H28N6O.Pt/c1-25-11-10-12-26(2)40(25)47-38-18-9-6-15-35(38)44-42(47)46-36-16-7-4-14-32(36)33-22-20-29(24-39(33)46)49-28-19-21-30-31-13-5-8-17-37(31)48-41(34(30)23-28)43-27(3)45-48;/h4-22H,1-3H3;/q-2;+2. The van der Waals surface area contributed by atoms with Crippen LogP contribution in [0, 0.1) is 32.9 Å². The van der Waals surface area contributed by atoms with E-state index in [0.29, 0.717) is 17.3 Å². The fourth-order valence-corrected chi connectivity index (χ4v) is 7.37. The zero-order chi connectivity index (χ0) is 32.8. The minimum atomic E-state index is 0. The van der Waals surface area contributed by atoms with Crippen LogP contribution < -0.4 is 4.74 Å². The number of ether oxygens (including phenoxy) is 1. The molecule has 0 fully saturated rings. The molecule has 0 spiro atoms. The predicted octanol–water partition coefficient (Wildman–Crippen LogP) is 9.79. The van der Waals surface area contributed by atoms with Crippen LogP contribution in [-0.4, -0.2) is 28.7 Å². The molecule has 0 saturated heterocycles. The van der Waals surface area contributed by atoms with Crippen LogP contribution in [0.3, 0.4) is 0 Å². The molecule has 4 heterocycles. The molecule has 0 unspecified atom stereocenters. The smallest absolute Gasteiger partial charge is 0.503 e. The van der Waals surface area contributed by atoms with Crippen LogP contribution in [0.4, 0.5) is 0 Å². The fraction of sp³-hybridized carbons (Fsp3) is 0.0714. The Bertz CT molecular complexity index is 2950. The van der Waals surface area contributed by atoms with Gasteiger partial charge >= 0.3 is 21.1 Å². The first-order valence-corrected chi connectivity index (χ1v) is 16.3. The quantitative estimate of drug-likeness (QED) is 0.131. The minimum absolute atomic E-state index is 0. The number of nitrogens with zero attached hydrogens (tertiary/aromatic N) is 6. The Morgan fingerprint density at radius 2 is 1.20 bits per heavy atom. The molecule has 0 bridgehead atoms. The van der Waals surface area contributed by atoms with Gasteiger partial charge in [0, 0.05) is 17.0 Å². The maximum Gasteiger partial charge on any atom is 2.00 e. The third-order valence-electron chi connectivity index (χ3n) is 9.46. The van der Waals surface area contributed by atoms with Gasteiger partial charge in [0.25, 0.3) is 0 Å². The zero-order valence-corrected chi connectivity index (χ0v) is 29.6. The average molecular weight is 828 g/mol. The number of benzene rings is 6. The van der Waals surface area contributed by atoms with Crippen LogP contribution in [0.2, 0.25) is 0 Å².